The maximum Gasteiger partial charge on any atom is 0.243 e. The van der Waals surface area contributed by atoms with Crippen molar-refractivity contribution in [1.29, 1.82) is 5.26 Å². The normalized spacial score (nSPS) is 12.1. The van der Waals surface area contributed by atoms with Crippen molar-refractivity contribution in [2.75, 3.05) is 0 Å². The summed E-state index contributed by atoms with van der Waals surface area (Å²) >= 11 is 0. The second kappa shape index (κ2) is 4.15. The fraction of sp³-hybridized carbons (Fsp3) is 0.333. The molecule has 0 aliphatic rings. The summed E-state index contributed by atoms with van der Waals surface area (Å²) in [4.78, 5) is 3.12. The monoisotopic (exact) mass is 243 g/mol. The zero-order chi connectivity index (χ0) is 12.4. The van der Waals surface area contributed by atoms with Crippen molar-refractivity contribution in [3.05, 3.63) is 24.3 Å². The third kappa shape index (κ3) is 2.98. The first-order valence-electron chi connectivity index (χ1n) is 4.33. The third-order valence-corrected chi connectivity index (χ3v) is 3.28. The molecule has 86 valence electrons. The molecule has 7 heteroatoms. The van der Waals surface area contributed by atoms with Gasteiger partial charge in [-0.3, -0.25) is 4.98 Å². The van der Waals surface area contributed by atoms with Crippen molar-refractivity contribution in [3.63, 3.8) is 0 Å². The van der Waals surface area contributed by atoms with Crippen LogP contribution in [0.25, 0.3) is 0 Å². The first kappa shape index (κ1) is 12.5. The van der Waals surface area contributed by atoms with Gasteiger partial charge in [-0.15, -0.1) is 0 Å². The van der Waals surface area contributed by atoms with Crippen molar-refractivity contribution < 1.29 is 12.8 Å². The SMILES string of the molecule is CC(C)(C#N)NS(=O)(=O)c1cncc(F)c1. The van der Waals surface area contributed by atoms with Crippen LogP contribution in [-0.2, 0) is 10.0 Å². The Morgan fingerprint density at radius 1 is 1.50 bits per heavy atom. The van der Waals surface area contributed by atoms with Crippen molar-refractivity contribution >= 4 is 10.0 Å². The van der Waals surface area contributed by atoms with Gasteiger partial charge in [0.25, 0.3) is 0 Å². The molecule has 1 heterocycles. The van der Waals surface area contributed by atoms with E-state index in [0.717, 1.165) is 18.5 Å². The molecule has 0 saturated carbocycles. The topological polar surface area (TPSA) is 82.9 Å². The average molecular weight is 243 g/mol. The number of nitrogens with zero attached hydrogens (tertiary/aromatic N) is 2. The minimum atomic E-state index is -3.93. The van der Waals surface area contributed by atoms with E-state index in [1.165, 1.54) is 13.8 Å². The molecule has 0 spiro atoms. The Morgan fingerprint density at radius 2 is 2.12 bits per heavy atom. The van der Waals surface area contributed by atoms with Gasteiger partial charge < -0.3 is 0 Å². The molecule has 5 nitrogen and oxygen atoms in total. The molecule has 0 bridgehead atoms. The van der Waals surface area contributed by atoms with Crippen molar-refractivity contribution in [2.24, 2.45) is 0 Å². The fourth-order valence-electron chi connectivity index (χ4n) is 0.957. The van der Waals surface area contributed by atoms with Gasteiger partial charge in [-0.2, -0.15) is 9.98 Å². The van der Waals surface area contributed by atoms with Crippen LogP contribution in [0, 0.1) is 17.1 Å². The highest BCUT2D eigenvalue weighted by Gasteiger charge is 2.26. The van der Waals surface area contributed by atoms with Gasteiger partial charge >= 0.3 is 0 Å². The molecular weight excluding hydrogens is 233 g/mol. The second-order valence-corrected chi connectivity index (χ2v) is 5.36. The number of aromatic nitrogens is 1. The molecule has 0 saturated heterocycles. The Hall–Kier alpha value is -1.52. The lowest BCUT2D eigenvalue weighted by Gasteiger charge is -2.17. The van der Waals surface area contributed by atoms with E-state index >= 15 is 0 Å². The molecule has 0 fully saturated rings. The number of sulfonamides is 1. The van der Waals surface area contributed by atoms with Crippen LogP contribution in [0.2, 0.25) is 0 Å². The first-order chi connectivity index (χ1) is 7.27. The van der Waals surface area contributed by atoms with Gasteiger partial charge in [0.2, 0.25) is 10.0 Å². The van der Waals surface area contributed by atoms with Crippen LogP contribution in [0.4, 0.5) is 4.39 Å². The number of rotatable bonds is 3. The number of hydrogen-bond acceptors (Lipinski definition) is 4. The predicted molar refractivity (Wildman–Crippen MR) is 54.2 cm³/mol. The molecule has 0 aliphatic heterocycles. The van der Waals surface area contributed by atoms with Crippen LogP contribution >= 0.6 is 0 Å². The highest BCUT2D eigenvalue weighted by atomic mass is 32.2. The number of pyridine rings is 1. The van der Waals surface area contributed by atoms with Crippen molar-refractivity contribution in [2.45, 2.75) is 24.3 Å². The lowest BCUT2D eigenvalue weighted by atomic mass is 10.1. The van der Waals surface area contributed by atoms with Gasteiger partial charge in [0.05, 0.1) is 12.3 Å². The fourth-order valence-corrected chi connectivity index (χ4v) is 2.26. The number of hydrogen-bond donors (Lipinski definition) is 1. The molecule has 0 radical (unpaired) electrons. The molecule has 0 unspecified atom stereocenters. The van der Waals surface area contributed by atoms with Crippen LogP contribution in [-0.4, -0.2) is 18.9 Å². The molecular formula is C9H10FN3O2S. The summed E-state index contributed by atoms with van der Waals surface area (Å²) in [6.07, 6.45) is 1.91. The van der Waals surface area contributed by atoms with E-state index in [-0.39, 0.29) is 4.90 Å². The van der Waals surface area contributed by atoms with Gasteiger partial charge in [0.1, 0.15) is 16.3 Å². The largest absolute Gasteiger partial charge is 0.260 e. The summed E-state index contributed by atoms with van der Waals surface area (Å²) in [7, 11) is -3.93. The van der Waals surface area contributed by atoms with E-state index in [0.29, 0.717) is 0 Å². The number of nitriles is 1. The molecule has 1 aromatic rings. The Labute approximate surface area is 93.0 Å². The van der Waals surface area contributed by atoms with E-state index in [1.54, 1.807) is 6.07 Å². The highest BCUT2D eigenvalue weighted by Crippen LogP contribution is 2.12. The quantitative estimate of drug-likeness (QED) is 0.851. The third-order valence-electron chi connectivity index (χ3n) is 1.66. The van der Waals surface area contributed by atoms with Crippen LogP contribution in [0.3, 0.4) is 0 Å². The molecule has 1 aromatic heterocycles. The van der Waals surface area contributed by atoms with E-state index in [4.69, 9.17) is 5.26 Å². The maximum atomic E-state index is 12.8. The van der Waals surface area contributed by atoms with Gasteiger partial charge in [-0.25, -0.2) is 12.8 Å². The van der Waals surface area contributed by atoms with E-state index < -0.39 is 21.4 Å². The average Bonchev–Trinajstić information content (AvgIpc) is 2.16. The first-order valence-corrected chi connectivity index (χ1v) is 5.81. The minimum Gasteiger partial charge on any atom is -0.260 e. The summed E-state index contributed by atoms with van der Waals surface area (Å²) in [6.45, 7) is 2.80. The van der Waals surface area contributed by atoms with Crippen LogP contribution in [0.15, 0.2) is 23.4 Å². The lowest BCUT2D eigenvalue weighted by Crippen LogP contribution is -2.42. The molecule has 1 rings (SSSR count). The molecule has 0 aliphatic carbocycles. The Bertz CT molecular complexity index is 534. The summed E-state index contributed by atoms with van der Waals surface area (Å²) in [6, 6.07) is 2.61. The number of nitrogens with one attached hydrogen (secondary N) is 1. The molecule has 16 heavy (non-hydrogen) atoms. The minimum absolute atomic E-state index is 0.309. The van der Waals surface area contributed by atoms with E-state index in [1.807, 2.05) is 0 Å². The maximum absolute atomic E-state index is 12.8. The number of halogens is 1. The molecule has 0 atom stereocenters. The smallest absolute Gasteiger partial charge is 0.243 e. The highest BCUT2D eigenvalue weighted by molar-refractivity contribution is 7.89. The summed E-state index contributed by atoms with van der Waals surface area (Å²) < 4.78 is 38.3. The standard InChI is InChI=1S/C9H10FN3O2S/c1-9(2,6-11)13-16(14,15)8-3-7(10)4-12-5-8/h3-5,13H,1-2H3. The van der Waals surface area contributed by atoms with Gasteiger partial charge in [0, 0.05) is 6.20 Å². The van der Waals surface area contributed by atoms with Crippen molar-refractivity contribution in [3.8, 4) is 6.07 Å². The molecule has 0 aromatic carbocycles. The Balaban J connectivity index is 3.10. The molecule has 0 amide bonds. The zero-order valence-electron chi connectivity index (χ0n) is 8.73. The van der Waals surface area contributed by atoms with Crippen molar-refractivity contribution in [1.82, 2.24) is 9.71 Å². The predicted octanol–water partition coefficient (Wildman–Crippen LogP) is 0.801. The summed E-state index contributed by atoms with van der Waals surface area (Å²) in [5.41, 5.74) is -1.26. The van der Waals surface area contributed by atoms with Crippen LogP contribution in [0.1, 0.15) is 13.8 Å². The second-order valence-electron chi connectivity index (χ2n) is 3.68. The van der Waals surface area contributed by atoms with Crippen LogP contribution < -0.4 is 4.72 Å². The lowest BCUT2D eigenvalue weighted by molar-refractivity contribution is 0.533. The van der Waals surface area contributed by atoms with E-state index in [9.17, 15) is 12.8 Å². The van der Waals surface area contributed by atoms with Gasteiger partial charge in [0.15, 0.2) is 0 Å². The Morgan fingerprint density at radius 3 is 2.62 bits per heavy atom. The van der Waals surface area contributed by atoms with E-state index in [2.05, 4.69) is 9.71 Å². The molecule has 1 N–H and O–H groups in total. The zero-order valence-corrected chi connectivity index (χ0v) is 9.55. The summed E-state index contributed by atoms with van der Waals surface area (Å²) in [5.74, 6) is -0.752. The Kier molecular flexibility index (Phi) is 3.26. The summed E-state index contributed by atoms with van der Waals surface area (Å²) in [5, 5.41) is 8.69. The van der Waals surface area contributed by atoms with Gasteiger partial charge in [-0.1, -0.05) is 0 Å². The van der Waals surface area contributed by atoms with Gasteiger partial charge in [-0.05, 0) is 19.9 Å². The van der Waals surface area contributed by atoms with Crippen LogP contribution in [0.5, 0.6) is 0 Å².